The Morgan fingerprint density at radius 1 is 0.968 bits per heavy atom. The largest absolute Gasteiger partial charge is 0.369 e. The Kier molecular flexibility index (Phi) is 6.94. The topological polar surface area (TPSA) is 53.4 Å². The number of halogens is 1. The van der Waals surface area contributed by atoms with Crippen molar-refractivity contribution in [1.82, 2.24) is 19.8 Å². The van der Waals surface area contributed by atoms with Gasteiger partial charge < -0.3 is 14.8 Å². The molecule has 0 aliphatic carbocycles. The van der Waals surface area contributed by atoms with Gasteiger partial charge in [0.15, 0.2) is 0 Å². The zero-order valence-electron chi connectivity index (χ0n) is 17.6. The van der Waals surface area contributed by atoms with E-state index in [1.807, 2.05) is 53.2 Å². The summed E-state index contributed by atoms with van der Waals surface area (Å²) < 4.78 is 15.1. The minimum atomic E-state index is -0.206. The molecule has 0 bridgehead atoms. The predicted molar refractivity (Wildman–Crippen MR) is 120 cm³/mol. The molecule has 2 heterocycles. The molecule has 1 fully saturated rings. The van der Waals surface area contributed by atoms with Gasteiger partial charge in [0.25, 0.3) is 0 Å². The highest BCUT2D eigenvalue weighted by Gasteiger charge is 2.17. The lowest BCUT2D eigenvalue weighted by Gasteiger charge is -2.36. The summed E-state index contributed by atoms with van der Waals surface area (Å²) in [5.41, 5.74) is 2.11. The minimum Gasteiger partial charge on any atom is -0.369 e. The van der Waals surface area contributed by atoms with Gasteiger partial charge in [-0.1, -0.05) is 30.3 Å². The number of hydrogen-bond acceptors (Lipinski definition) is 4. The predicted octanol–water partition coefficient (Wildman–Crippen LogP) is 3.02. The van der Waals surface area contributed by atoms with Crippen LogP contribution in [0.5, 0.6) is 0 Å². The van der Waals surface area contributed by atoms with Crippen LogP contribution in [0.25, 0.3) is 11.4 Å². The number of piperazine rings is 1. The van der Waals surface area contributed by atoms with Crippen molar-refractivity contribution < 1.29 is 9.18 Å². The van der Waals surface area contributed by atoms with Crippen molar-refractivity contribution in [2.75, 3.05) is 44.2 Å². The fourth-order valence-electron chi connectivity index (χ4n) is 3.88. The van der Waals surface area contributed by atoms with Gasteiger partial charge in [0, 0.05) is 75.9 Å². The number of carbonyl (C=O) groups is 1. The van der Waals surface area contributed by atoms with Gasteiger partial charge in [0.1, 0.15) is 11.6 Å². The molecule has 6 nitrogen and oxygen atoms in total. The second-order valence-corrected chi connectivity index (χ2v) is 7.72. The van der Waals surface area contributed by atoms with Crippen LogP contribution in [0.3, 0.4) is 0 Å². The summed E-state index contributed by atoms with van der Waals surface area (Å²) in [6.07, 6.45) is 4.11. The molecule has 0 unspecified atom stereocenters. The SMILES string of the molecule is O=C(CCn1ccnc1-c1ccccc1)NCCN1CCN(c2ccc(F)cc2)CC1. The molecule has 2 aromatic carbocycles. The Bertz CT molecular complexity index is 965. The van der Waals surface area contributed by atoms with E-state index in [2.05, 4.69) is 20.1 Å². The first-order valence-electron chi connectivity index (χ1n) is 10.8. The Balaban J connectivity index is 1.16. The Labute approximate surface area is 182 Å². The normalized spacial score (nSPS) is 14.5. The number of nitrogens with zero attached hydrogens (tertiary/aromatic N) is 4. The van der Waals surface area contributed by atoms with Crippen molar-refractivity contribution in [3.05, 3.63) is 72.8 Å². The fraction of sp³-hybridized carbons (Fsp3) is 0.333. The monoisotopic (exact) mass is 421 g/mol. The van der Waals surface area contributed by atoms with Crippen LogP contribution in [0, 0.1) is 5.82 Å². The molecule has 1 saturated heterocycles. The molecule has 1 amide bonds. The maximum absolute atomic E-state index is 13.1. The fourth-order valence-corrected chi connectivity index (χ4v) is 3.88. The number of anilines is 1. The minimum absolute atomic E-state index is 0.0534. The second-order valence-electron chi connectivity index (χ2n) is 7.72. The average Bonchev–Trinajstić information content (AvgIpc) is 3.28. The van der Waals surface area contributed by atoms with E-state index < -0.39 is 0 Å². The number of aromatic nitrogens is 2. The molecule has 0 spiro atoms. The Morgan fingerprint density at radius 3 is 2.45 bits per heavy atom. The van der Waals surface area contributed by atoms with E-state index >= 15 is 0 Å². The summed E-state index contributed by atoms with van der Waals surface area (Å²) >= 11 is 0. The summed E-state index contributed by atoms with van der Waals surface area (Å²) in [5, 5.41) is 3.03. The molecule has 0 atom stereocenters. The van der Waals surface area contributed by atoms with Crippen LogP contribution >= 0.6 is 0 Å². The highest BCUT2D eigenvalue weighted by atomic mass is 19.1. The summed E-state index contributed by atoms with van der Waals surface area (Å²) in [5.74, 6) is 0.729. The Hall–Kier alpha value is -3.19. The van der Waals surface area contributed by atoms with Gasteiger partial charge in [0.2, 0.25) is 5.91 Å². The number of amides is 1. The summed E-state index contributed by atoms with van der Waals surface area (Å²) in [4.78, 5) is 21.3. The molecule has 7 heteroatoms. The van der Waals surface area contributed by atoms with Gasteiger partial charge in [-0.05, 0) is 24.3 Å². The molecule has 0 saturated carbocycles. The number of benzene rings is 2. The second kappa shape index (κ2) is 10.2. The smallest absolute Gasteiger partial charge is 0.221 e. The van der Waals surface area contributed by atoms with E-state index in [-0.39, 0.29) is 11.7 Å². The third-order valence-corrected chi connectivity index (χ3v) is 5.64. The maximum atomic E-state index is 13.1. The molecular formula is C24H28FN5O. The number of imidazole rings is 1. The van der Waals surface area contributed by atoms with Gasteiger partial charge >= 0.3 is 0 Å². The van der Waals surface area contributed by atoms with Gasteiger partial charge in [-0.15, -0.1) is 0 Å². The van der Waals surface area contributed by atoms with E-state index in [0.717, 1.165) is 49.8 Å². The summed E-state index contributed by atoms with van der Waals surface area (Å²) in [6.45, 7) is 5.76. The van der Waals surface area contributed by atoms with Crippen molar-refractivity contribution in [2.24, 2.45) is 0 Å². The van der Waals surface area contributed by atoms with Crippen molar-refractivity contribution in [3.63, 3.8) is 0 Å². The molecular weight excluding hydrogens is 393 g/mol. The van der Waals surface area contributed by atoms with Crippen molar-refractivity contribution in [2.45, 2.75) is 13.0 Å². The molecule has 1 aliphatic rings. The van der Waals surface area contributed by atoms with Crippen LogP contribution in [0.4, 0.5) is 10.1 Å². The number of carbonyl (C=O) groups excluding carboxylic acids is 1. The quantitative estimate of drug-likeness (QED) is 0.608. The van der Waals surface area contributed by atoms with E-state index in [1.165, 1.54) is 12.1 Å². The third kappa shape index (κ3) is 5.70. The number of nitrogens with one attached hydrogen (secondary N) is 1. The highest BCUT2D eigenvalue weighted by molar-refractivity contribution is 5.75. The van der Waals surface area contributed by atoms with E-state index in [1.54, 1.807) is 6.20 Å². The van der Waals surface area contributed by atoms with Crippen LogP contribution in [-0.2, 0) is 11.3 Å². The number of rotatable bonds is 8. The summed E-state index contributed by atoms with van der Waals surface area (Å²) in [7, 11) is 0. The Morgan fingerprint density at radius 2 is 1.71 bits per heavy atom. The van der Waals surface area contributed by atoms with Gasteiger partial charge in [-0.25, -0.2) is 9.37 Å². The average molecular weight is 422 g/mol. The van der Waals surface area contributed by atoms with E-state index in [0.29, 0.717) is 19.5 Å². The molecule has 1 N–H and O–H groups in total. The van der Waals surface area contributed by atoms with Crippen LogP contribution in [0.15, 0.2) is 67.0 Å². The standard InChI is InChI=1S/C24H28FN5O/c25-21-6-8-22(9-7-21)29-18-16-28(17-19-29)14-11-26-23(31)10-13-30-15-12-27-24(30)20-4-2-1-3-5-20/h1-9,12,15H,10-11,13-14,16-19H2,(H,26,31). The van der Waals surface area contributed by atoms with Crippen molar-refractivity contribution in [1.29, 1.82) is 0 Å². The number of aryl methyl sites for hydroxylation is 1. The van der Waals surface area contributed by atoms with Crippen LogP contribution in [0.2, 0.25) is 0 Å². The van der Waals surface area contributed by atoms with Gasteiger partial charge in [-0.3, -0.25) is 9.69 Å². The lowest BCUT2D eigenvalue weighted by atomic mass is 10.2. The third-order valence-electron chi connectivity index (χ3n) is 5.64. The lowest BCUT2D eigenvalue weighted by Crippen LogP contribution is -2.48. The van der Waals surface area contributed by atoms with Gasteiger partial charge in [0.05, 0.1) is 0 Å². The molecule has 31 heavy (non-hydrogen) atoms. The molecule has 4 rings (SSSR count). The molecule has 0 radical (unpaired) electrons. The van der Waals surface area contributed by atoms with E-state index in [9.17, 15) is 9.18 Å². The van der Waals surface area contributed by atoms with E-state index in [4.69, 9.17) is 0 Å². The zero-order valence-corrected chi connectivity index (χ0v) is 17.6. The molecule has 3 aromatic rings. The van der Waals surface area contributed by atoms with Crippen molar-refractivity contribution >= 4 is 11.6 Å². The van der Waals surface area contributed by atoms with Crippen molar-refractivity contribution in [3.8, 4) is 11.4 Å². The molecule has 1 aliphatic heterocycles. The first-order chi connectivity index (χ1) is 15.2. The van der Waals surface area contributed by atoms with Gasteiger partial charge in [-0.2, -0.15) is 0 Å². The molecule has 162 valence electrons. The zero-order chi connectivity index (χ0) is 21.5. The number of hydrogen-bond donors (Lipinski definition) is 1. The molecule has 1 aromatic heterocycles. The highest BCUT2D eigenvalue weighted by Crippen LogP contribution is 2.18. The first kappa shape index (κ1) is 21.1. The lowest BCUT2D eigenvalue weighted by molar-refractivity contribution is -0.121. The maximum Gasteiger partial charge on any atom is 0.221 e. The van der Waals surface area contributed by atoms with Crippen LogP contribution in [0.1, 0.15) is 6.42 Å². The summed E-state index contributed by atoms with van der Waals surface area (Å²) in [6, 6.07) is 16.7. The van der Waals surface area contributed by atoms with Crippen LogP contribution in [-0.4, -0.2) is 59.6 Å². The first-order valence-corrected chi connectivity index (χ1v) is 10.8. The van der Waals surface area contributed by atoms with Crippen LogP contribution < -0.4 is 10.2 Å².